The van der Waals surface area contributed by atoms with Gasteiger partial charge in [-0.2, -0.15) is 13.2 Å². The van der Waals surface area contributed by atoms with Crippen molar-refractivity contribution in [1.29, 1.82) is 0 Å². The van der Waals surface area contributed by atoms with Gasteiger partial charge in [0.1, 0.15) is 0 Å². The maximum Gasteiger partial charge on any atom is 0.395 e. The van der Waals surface area contributed by atoms with E-state index in [0.29, 0.717) is 18.5 Å². The van der Waals surface area contributed by atoms with Crippen molar-refractivity contribution in [2.75, 3.05) is 20.6 Å². The smallest absolute Gasteiger partial charge is 0.355 e. The third kappa shape index (κ3) is 5.56. The number of halogens is 3. The van der Waals surface area contributed by atoms with Crippen LogP contribution < -0.4 is 10.9 Å². The highest BCUT2D eigenvalue weighted by Gasteiger charge is 2.67. The lowest BCUT2D eigenvalue weighted by molar-refractivity contribution is -0.194. The monoisotopic (exact) mass is 486 g/mol. The van der Waals surface area contributed by atoms with Crippen molar-refractivity contribution in [3.8, 4) is 0 Å². The Morgan fingerprint density at radius 3 is 2.49 bits per heavy atom. The number of nitrogens with one attached hydrogen (secondary N) is 2. The first-order valence-corrected chi connectivity index (χ1v) is 11.6. The largest absolute Gasteiger partial charge is 0.395 e. The van der Waals surface area contributed by atoms with Crippen molar-refractivity contribution >= 4 is 16.8 Å². The quantitative estimate of drug-likeness (QED) is 0.479. The molecule has 1 fully saturated rings. The van der Waals surface area contributed by atoms with Crippen LogP contribution >= 0.6 is 0 Å². The summed E-state index contributed by atoms with van der Waals surface area (Å²) in [7, 11) is 3.80. The van der Waals surface area contributed by atoms with Crippen LogP contribution in [-0.4, -0.2) is 53.6 Å². The summed E-state index contributed by atoms with van der Waals surface area (Å²) >= 11 is 0. The first-order valence-electron chi connectivity index (χ1n) is 11.6. The molecule has 0 bridgehead atoms. The molecule has 6 nitrogen and oxygen atoms in total. The third-order valence-corrected chi connectivity index (χ3v) is 7.04. The van der Waals surface area contributed by atoms with Gasteiger partial charge in [0, 0.05) is 48.9 Å². The van der Waals surface area contributed by atoms with Crippen molar-refractivity contribution in [1.82, 2.24) is 20.2 Å². The Balaban J connectivity index is 1.44. The minimum Gasteiger partial charge on any atom is -0.355 e. The summed E-state index contributed by atoms with van der Waals surface area (Å²) in [5.74, 6) is -1.34. The molecule has 9 heteroatoms. The fourth-order valence-electron chi connectivity index (χ4n) is 4.72. The Bertz CT molecular complexity index is 1240. The molecule has 35 heavy (non-hydrogen) atoms. The van der Waals surface area contributed by atoms with Crippen LogP contribution in [0.15, 0.2) is 59.7 Å². The zero-order valence-corrected chi connectivity index (χ0v) is 19.7. The number of aromatic amines is 1. The number of aromatic nitrogens is 2. The number of hydrogen-bond acceptors (Lipinski definition) is 4. The van der Waals surface area contributed by atoms with Gasteiger partial charge in [0.2, 0.25) is 11.5 Å². The number of carbonyl (C=O) groups excluding carboxylic acids is 1. The van der Waals surface area contributed by atoms with Gasteiger partial charge in [0.25, 0.3) is 0 Å². The number of nitrogens with zero attached hydrogens (tertiary/aromatic N) is 2. The lowest BCUT2D eigenvalue weighted by atomic mass is 9.80. The molecule has 2 heterocycles. The van der Waals surface area contributed by atoms with Gasteiger partial charge in [0.05, 0.1) is 5.41 Å². The van der Waals surface area contributed by atoms with Crippen molar-refractivity contribution in [2.24, 2.45) is 5.41 Å². The molecular formula is C26H29F3N4O2. The second-order valence-corrected chi connectivity index (χ2v) is 9.56. The molecule has 2 N–H and O–H groups in total. The van der Waals surface area contributed by atoms with E-state index in [1.165, 1.54) is 18.5 Å². The van der Waals surface area contributed by atoms with Crippen LogP contribution in [0.4, 0.5) is 13.2 Å². The molecule has 1 aliphatic carbocycles. The summed E-state index contributed by atoms with van der Waals surface area (Å²) < 4.78 is 41.7. The standard InChI is InChI=1S/C26H29F3N4O2/c1-33(2)20(14-17-3-5-22-19(13-17)4-6-23(34)32-22)16-31-24(35)15-21(18-7-11-30-12-8-18)25(9-10-25)26(27,28)29/h3-8,11-13,20-21H,9-10,14-16H2,1-2H3,(H,31,35)(H,32,34). The molecule has 2 aromatic heterocycles. The zero-order valence-electron chi connectivity index (χ0n) is 19.7. The highest BCUT2D eigenvalue weighted by molar-refractivity contribution is 5.79. The minimum atomic E-state index is -4.37. The summed E-state index contributed by atoms with van der Waals surface area (Å²) in [4.78, 5) is 33.0. The fraction of sp³-hybridized carbons (Fsp3) is 0.423. The molecular weight excluding hydrogens is 457 g/mol. The number of fused-ring (bicyclic) bond motifs is 1. The van der Waals surface area contributed by atoms with Crippen LogP contribution in [0.5, 0.6) is 0 Å². The normalized spacial score (nSPS) is 16.7. The van der Waals surface area contributed by atoms with Gasteiger partial charge < -0.3 is 15.2 Å². The predicted molar refractivity (Wildman–Crippen MR) is 128 cm³/mol. The average molecular weight is 487 g/mol. The number of H-pyrrole nitrogens is 1. The first-order chi connectivity index (χ1) is 16.6. The number of amides is 1. The fourth-order valence-corrected chi connectivity index (χ4v) is 4.72. The van der Waals surface area contributed by atoms with Gasteiger partial charge in [-0.25, -0.2) is 0 Å². The van der Waals surface area contributed by atoms with E-state index in [0.717, 1.165) is 16.5 Å². The Kier molecular flexibility index (Phi) is 6.98. The van der Waals surface area contributed by atoms with Crippen LogP contribution in [0.2, 0.25) is 0 Å². The molecule has 2 atom stereocenters. The predicted octanol–water partition coefficient (Wildman–Crippen LogP) is 4.03. The highest BCUT2D eigenvalue weighted by atomic mass is 19.4. The van der Waals surface area contributed by atoms with E-state index in [-0.39, 0.29) is 30.9 Å². The van der Waals surface area contributed by atoms with Gasteiger partial charge in [-0.15, -0.1) is 0 Å². The maximum absolute atomic E-state index is 13.9. The van der Waals surface area contributed by atoms with Gasteiger partial charge in [0.15, 0.2) is 0 Å². The molecule has 1 aliphatic rings. The van der Waals surface area contributed by atoms with Crippen LogP contribution in [-0.2, 0) is 11.2 Å². The molecule has 0 spiro atoms. The van der Waals surface area contributed by atoms with Gasteiger partial charge >= 0.3 is 6.18 Å². The number of alkyl halides is 3. The van der Waals surface area contributed by atoms with Crippen molar-refractivity contribution in [3.05, 3.63) is 76.3 Å². The lowest BCUT2D eigenvalue weighted by Gasteiger charge is -2.30. The van der Waals surface area contributed by atoms with E-state index in [2.05, 4.69) is 15.3 Å². The van der Waals surface area contributed by atoms with Crippen LogP contribution in [0, 0.1) is 5.41 Å². The lowest BCUT2D eigenvalue weighted by Crippen LogP contribution is -2.42. The van der Waals surface area contributed by atoms with Crippen LogP contribution in [0.3, 0.4) is 0 Å². The highest BCUT2D eigenvalue weighted by Crippen LogP contribution is 2.66. The summed E-state index contributed by atoms with van der Waals surface area (Å²) in [6.45, 7) is 0.303. The molecule has 1 aromatic carbocycles. The Morgan fingerprint density at radius 1 is 1.14 bits per heavy atom. The van der Waals surface area contributed by atoms with Gasteiger partial charge in [-0.3, -0.25) is 14.6 Å². The molecule has 3 aromatic rings. The average Bonchev–Trinajstić information content (AvgIpc) is 3.63. The number of rotatable bonds is 9. The van der Waals surface area contributed by atoms with Gasteiger partial charge in [-0.1, -0.05) is 6.07 Å². The van der Waals surface area contributed by atoms with E-state index in [9.17, 15) is 22.8 Å². The topological polar surface area (TPSA) is 78.1 Å². The number of hydrogen-bond donors (Lipinski definition) is 2. The zero-order chi connectivity index (χ0) is 25.2. The summed E-state index contributed by atoms with van der Waals surface area (Å²) in [6, 6.07) is 12.1. The van der Waals surface area contributed by atoms with Crippen LogP contribution in [0.1, 0.15) is 36.3 Å². The van der Waals surface area contributed by atoms with Crippen molar-refractivity contribution in [2.45, 2.75) is 43.8 Å². The molecule has 0 aliphatic heterocycles. The second kappa shape index (κ2) is 9.81. The first kappa shape index (κ1) is 24.9. The molecule has 2 unspecified atom stereocenters. The molecule has 186 valence electrons. The van der Waals surface area contributed by atoms with Gasteiger partial charge in [-0.05, 0) is 80.2 Å². The summed E-state index contributed by atoms with van der Waals surface area (Å²) in [6.07, 6.45) is -0.972. The number of likely N-dealkylation sites (N-methyl/N-ethyl adjacent to an activating group) is 1. The van der Waals surface area contributed by atoms with E-state index < -0.39 is 23.4 Å². The minimum absolute atomic E-state index is 0.0321. The summed E-state index contributed by atoms with van der Waals surface area (Å²) in [5.41, 5.74) is 0.252. The van der Waals surface area contributed by atoms with E-state index >= 15 is 0 Å². The van der Waals surface area contributed by atoms with Crippen LogP contribution in [0.25, 0.3) is 10.9 Å². The van der Waals surface area contributed by atoms with Crippen molar-refractivity contribution < 1.29 is 18.0 Å². The van der Waals surface area contributed by atoms with E-state index in [1.54, 1.807) is 18.2 Å². The molecule has 4 rings (SSSR count). The Hall–Kier alpha value is -3.20. The number of pyridine rings is 2. The third-order valence-electron chi connectivity index (χ3n) is 7.04. The van der Waals surface area contributed by atoms with E-state index in [1.807, 2.05) is 37.2 Å². The molecule has 1 saturated carbocycles. The summed E-state index contributed by atoms with van der Waals surface area (Å²) in [5, 5.41) is 3.78. The molecule has 0 saturated heterocycles. The maximum atomic E-state index is 13.9. The second-order valence-electron chi connectivity index (χ2n) is 9.56. The SMILES string of the molecule is CN(C)C(CNC(=O)CC(c1ccncc1)C1(C(F)(F)F)CC1)Cc1ccc2[nH]c(=O)ccc2c1. The van der Waals surface area contributed by atoms with Crippen molar-refractivity contribution in [3.63, 3.8) is 0 Å². The molecule has 1 amide bonds. The molecule has 0 radical (unpaired) electrons. The Labute approximate surface area is 201 Å². The number of benzene rings is 1. The Morgan fingerprint density at radius 2 is 1.86 bits per heavy atom. The van der Waals surface area contributed by atoms with E-state index in [4.69, 9.17) is 0 Å². The number of carbonyl (C=O) groups is 1.